The number of ether oxygens (including phenoxy) is 1. The number of carbonyl (C=O) groups is 1. The summed E-state index contributed by atoms with van der Waals surface area (Å²) in [6, 6.07) is 1.77. The molecule has 0 aliphatic rings. The van der Waals surface area contributed by atoms with Crippen LogP contribution in [-0.4, -0.2) is 17.6 Å². The molecule has 13 heavy (non-hydrogen) atoms. The first-order chi connectivity index (χ1) is 6.19. The topological polar surface area (TPSA) is 89.0 Å². The van der Waals surface area contributed by atoms with Gasteiger partial charge in [-0.2, -0.15) is 5.26 Å². The highest BCUT2D eigenvalue weighted by atomic mass is 32.1. The first-order valence-corrected chi connectivity index (χ1v) is 4.34. The van der Waals surface area contributed by atoms with Crippen LogP contribution in [0.5, 0.6) is 0 Å². The van der Waals surface area contributed by atoms with Gasteiger partial charge in [0.1, 0.15) is 6.07 Å². The van der Waals surface area contributed by atoms with E-state index >= 15 is 0 Å². The molecule has 0 aromatic carbocycles. The van der Waals surface area contributed by atoms with Crippen molar-refractivity contribution < 1.29 is 9.53 Å². The number of rotatable bonds is 2. The van der Waals surface area contributed by atoms with Crippen LogP contribution in [0.3, 0.4) is 0 Å². The lowest BCUT2D eigenvalue weighted by Gasteiger charge is -1.96. The quantitative estimate of drug-likeness (QED) is 0.707. The number of hydrogen-bond donors (Lipinski definition) is 1. The summed E-state index contributed by atoms with van der Waals surface area (Å²) < 4.78 is 4.71. The highest BCUT2D eigenvalue weighted by Crippen LogP contribution is 2.20. The van der Waals surface area contributed by atoms with Crippen LogP contribution in [0.1, 0.15) is 22.3 Å². The molecular formula is C7H7N3O2S. The second kappa shape index (κ2) is 3.87. The van der Waals surface area contributed by atoms with Gasteiger partial charge in [-0.3, -0.25) is 0 Å². The minimum Gasteiger partial charge on any atom is -0.462 e. The first-order valence-electron chi connectivity index (χ1n) is 3.52. The molecule has 0 atom stereocenters. The summed E-state index contributed by atoms with van der Waals surface area (Å²) in [5, 5.41) is 8.77. The van der Waals surface area contributed by atoms with E-state index in [2.05, 4.69) is 4.98 Å². The van der Waals surface area contributed by atoms with E-state index in [4.69, 9.17) is 15.7 Å². The maximum Gasteiger partial charge on any atom is 0.351 e. The van der Waals surface area contributed by atoms with Crippen LogP contribution in [0.4, 0.5) is 5.13 Å². The third-order valence-corrected chi connectivity index (χ3v) is 2.07. The number of nitriles is 1. The van der Waals surface area contributed by atoms with Crippen LogP contribution in [0.25, 0.3) is 0 Å². The predicted molar refractivity (Wildman–Crippen MR) is 47.2 cm³/mol. The smallest absolute Gasteiger partial charge is 0.351 e. The highest BCUT2D eigenvalue weighted by Gasteiger charge is 2.17. The van der Waals surface area contributed by atoms with E-state index in [9.17, 15) is 4.79 Å². The fraction of sp³-hybridized carbons (Fsp3) is 0.286. The molecule has 1 rings (SSSR count). The van der Waals surface area contributed by atoms with Gasteiger partial charge >= 0.3 is 5.97 Å². The van der Waals surface area contributed by atoms with Crippen LogP contribution >= 0.6 is 11.3 Å². The summed E-state index contributed by atoms with van der Waals surface area (Å²) in [4.78, 5) is 15.0. The van der Waals surface area contributed by atoms with E-state index in [1.807, 2.05) is 0 Å². The predicted octanol–water partition coefficient (Wildman–Crippen LogP) is 0.774. The van der Waals surface area contributed by atoms with Crippen molar-refractivity contribution in [3.8, 4) is 6.07 Å². The van der Waals surface area contributed by atoms with Gasteiger partial charge in [0, 0.05) is 0 Å². The van der Waals surface area contributed by atoms with E-state index in [1.54, 1.807) is 13.0 Å². The van der Waals surface area contributed by atoms with Crippen molar-refractivity contribution in [1.82, 2.24) is 4.98 Å². The molecule has 1 aromatic heterocycles. The number of anilines is 1. The Hall–Kier alpha value is -1.61. The Morgan fingerprint density at radius 2 is 2.54 bits per heavy atom. The van der Waals surface area contributed by atoms with Gasteiger partial charge in [-0.05, 0) is 6.92 Å². The summed E-state index contributed by atoms with van der Waals surface area (Å²) >= 11 is 0.957. The highest BCUT2D eigenvalue weighted by molar-refractivity contribution is 7.17. The maximum atomic E-state index is 11.2. The third kappa shape index (κ3) is 1.95. The van der Waals surface area contributed by atoms with Gasteiger partial charge in [-0.15, -0.1) is 0 Å². The first kappa shape index (κ1) is 9.48. The Morgan fingerprint density at radius 1 is 1.85 bits per heavy atom. The molecule has 1 heterocycles. The summed E-state index contributed by atoms with van der Waals surface area (Å²) in [5.74, 6) is -0.548. The molecule has 0 aliphatic carbocycles. The lowest BCUT2D eigenvalue weighted by Crippen LogP contribution is -2.04. The summed E-state index contributed by atoms with van der Waals surface area (Å²) in [7, 11) is 0. The van der Waals surface area contributed by atoms with Crippen LogP contribution in [0.15, 0.2) is 0 Å². The molecular weight excluding hydrogens is 190 g/mol. The fourth-order valence-electron chi connectivity index (χ4n) is 0.747. The van der Waals surface area contributed by atoms with Gasteiger partial charge in [-0.1, -0.05) is 11.3 Å². The minimum absolute atomic E-state index is 0.0287. The van der Waals surface area contributed by atoms with Crippen LogP contribution in [0.2, 0.25) is 0 Å². The molecule has 1 aromatic rings. The lowest BCUT2D eigenvalue weighted by molar-refractivity contribution is 0.0531. The molecule has 0 spiro atoms. The standard InChI is InChI=1S/C7H7N3O2S/c1-2-12-6(11)5-4(3-8)10-7(9)13-5/h2H2,1H3,(H2,9,10). The molecule has 68 valence electrons. The van der Waals surface area contributed by atoms with Gasteiger partial charge in [0.15, 0.2) is 15.7 Å². The number of nitrogens with zero attached hydrogens (tertiary/aromatic N) is 2. The Labute approximate surface area is 78.8 Å². The molecule has 0 radical (unpaired) electrons. The number of nitrogen functional groups attached to an aromatic ring is 1. The molecule has 6 heteroatoms. The number of aromatic nitrogens is 1. The SMILES string of the molecule is CCOC(=O)c1sc(N)nc1C#N. The lowest BCUT2D eigenvalue weighted by atomic mass is 10.4. The average molecular weight is 197 g/mol. The van der Waals surface area contributed by atoms with Gasteiger partial charge in [0.05, 0.1) is 6.61 Å². The van der Waals surface area contributed by atoms with Crippen molar-refractivity contribution >= 4 is 22.4 Å². The second-order valence-corrected chi connectivity index (χ2v) is 3.09. The summed E-state index contributed by atoms with van der Waals surface area (Å²) in [5.41, 5.74) is 5.37. The van der Waals surface area contributed by atoms with Gasteiger partial charge in [-0.25, -0.2) is 9.78 Å². The van der Waals surface area contributed by atoms with E-state index in [0.29, 0.717) is 0 Å². The molecule has 0 bridgehead atoms. The van der Waals surface area contributed by atoms with E-state index in [1.165, 1.54) is 0 Å². The number of nitrogens with two attached hydrogens (primary N) is 1. The van der Waals surface area contributed by atoms with Crippen molar-refractivity contribution in [3.63, 3.8) is 0 Å². The minimum atomic E-state index is -0.548. The zero-order valence-electron chi connectivity index (χ0n) is 6.90. The molecule has 0 saturated carbocycles. The van der Waals surface area contributed by atoms with Crippen LogP contribution in [0, 0.1) is 11.3 Å². The van der Waals surface area contributed by atoms with E-state index < -0.39 is 5.97 Å². The molecule has 5 nitrogen and oxygen atoms in total. The summed E-state index contributed by atoms with van der Waals surface area (Å²) in [6.07, 6.45) is 0. The molecule has 0 saturated heterocycles. The Kier molecular flexibility index (Phi) is 2.82. The Bertz CT molecular complexity index is 366. The molecule has 0 unspecified atom stereocenters. The van der Waals surface area contributed by atoms with Crippen LogP contribution < -0.4 is 5.73 Å². The van der Waals surface area contributed by atoms with Crippen molar-refractivity contribution in [1.29, 1.82) is 5.26 Å². The monoisotopic (exact) mass is 197 g/mol. The zero-order valence-corrected chi connectivity index (χ0v) is 7.72. The van der Waals surface area contributed by atoms with Gasteiger partial charge in [0.2, 0.25) is 0 Å². The summed E-state index contributed by atoms with van der Waals surface area (Å²) in [6.45, 7) is 1.95. The van der Waals surface area contributed by atoms with Crippen molar-refractivity contribution in [3.05, 3.63) is 10.6 Å². The number of thiazole rings is 1. The van der Waals surface area contributed by atoms with Crippen molar-refractivity contribution in [2.75, 3.05) is 12.3 Å². The fourth-order valence-corrected chi connectivity index (χ4v) is 1.42. The normalized spacial score (nSPS) is 9.23. The second-order valence-electron chi connectivity index (χ2n) is 2.06. The molecule has 0 aliphatic heterocycles. The van der Waals surface area contributed by atoms with Crippen molar-refractivity contribution in [2.24, 2.45) is 0 Å². The molecule has 2 N–H and O–H groups in total. The molecule has 0 fully saturated rings. The Morgan fingerprint density at radius 3 is 3.08 bits per heavy atom. The van der Waals surface area contributed by atoms with Gasteiger partial charge in [0.25, 0.3) is 0 Å². The number of carbonyl (C=O) groups excluding carboxylic acids is 1. The largest absolute Gasteiger partial charge is 0.462 e. The number of esters is 1. The zero-order chi connectivity index (χ0) is 9.84. The van der Waals surface area contributed by atoms with Gasteiger partial charge < -0.3 is 10.5 Å². The average Bonchev–Trinajstić information content (AvgIpc) is 2.47. The maximum absolute atomic E-state index is 11.2. The molecule has 0 amide bonds. The number of hydrogen-bond acceptors (Lipinski definition) is 6. The van der Waals surface area contributed by atoms with E-state index in [-0.39, 0.29) is 22.3 Å². The third-order valence-electron chi connectivity index (χ3n) is 1.21. The van der Waals surface area contributed by atoms with Crippen LogP contribution in [-0.2, 0) is 4.74 Å². The van der Waals surface area contributed by atoms with Crippen molar-refractivity contribution in [2.45, 2.75) is 6.92 Å². The van der Waals surface area contributed by atoms with E-state index in [0.717, 1.165) is 11.3 Å². The Balaban J connectivity index is 3.00.